The van der Waals surface area contributed by atoms with E-state index < -0.39 is 21.2 Å². The Hall–Kier alpha value is -1.93. The molecule has 1 aromatic rings. The molecule has 7 nitrogen and oxygen atoms in total. The average molecular weight is 326 g/mol. The molecular weight excluding hydrogens is 308 g/mol. The Kier molecular flexibility index (Phi) is 5.15. The molecule has 2 rings (SSSR count). The number of hydrogen-bond acceptors (Lipinski definition) is 4. The molecule has 1 amide bonds. The van der Waals surface area contributed by atoms with E-state index in [-0.39, 0.29) is 38.4 Å². The first-order valence-corrected chi connectivity index (χ1v) is 8.49. The van der Waals surface area contributed by atoms with Crippen molar-refractivity contribution in [2.45, 2.75) is 18.1 Å². The lowest BCUT2D eigenvalue weighted by atomic mass is 10.1. The monoisotopic (exact) mass is 326 g/mol. The van der Waals surface area contributed by atoms with Crippen LogP contribution in [0.3, 0.4) is 0 Å². The topological polar surface area (TPSA) is 104 Å². The maximum Gasteiger partial charge on any atom is 0.303 e. The van der Waals surface area contributed by atoms with E-state index in [4.69, 9.17) is 5.11 Å². The summed E-state index contributed by atoms with van der Waals surface area (Å²) in [4.78, 5) is 23.9. The highest BCUT2D eigenvalue weighted by Crippen LogP contribution is 2.18. The molecule has 1 fully saturated rings. The summed E-state index contributed by atoms with van der Waals surface area (Å²) in [5.41, 5.74) is 0.535. The van der Waals surface area contributed by atoms with E-state index in [1.807, 2.05) is 0 Å². The van der Waals surface area contributed by atoms with Gasteiger partial charge < -0.3 is 10.0 Å². The first-order chi connectivity index (χ1) is 10.4. The highest BCUT2D eigenvalue weighted by molar-refractivity contribution is 7.90. The lowest BCUT2D eigenvalue weighted by molar-refractivity contribution is -0.137. The smallest absolute Gasteiger partial charge is 0.303 e. The minimum Gasteiger partial charge on any atom is -0.481 e. The van der Waals surface area contributed by atoms with E-state index in [1.54, 1.807) is 30.3 Å². The highest BCUT2D eigenvalue weighted by Gasteiger charge is 2.39. The van der Waals surface area contributed by atoms with Gasteiger partial charge in [0.15, 0.2) is 0 Å². The second kappa shape index (κ2) is 6.89. The number of carboxylic acid groups (broad SMARTS) is 1. The molecule has 2 N–H and O–H groups in total. The molecular formula is C14H18N2O5S. The fourth-order valence-electron chi connectivity index (χ4n) is 2.14. The molecule has 1 aliphatic heterocycles. The summed E-state index contributed by atoms with van der Waals surface area (Å²) in [5, 5.41) is 7.86. The summed E-state index contributed by atoms with van der Waals surface area (Å²) in [6, 6.07) is 8.69. The summed E-state index contributed by atoms with van der Waals surface area (Å²) in [6.45, 7) is 0.405. The van der Waals surface area contributed by atoms with Crippen LogP contribution in [0.1, 0.15) is 23.2 Å². The van der Waals surface area contributed by atoms with Crippen LogP contribution in [0.25, 0.3) is 0 Å². The number of carbonyl (C=O) groups excluding carboxylic acids is 1. The van der Waals surface area contributed by atoms with Gasteiger partial charge in [-0.2, -0.15) is 0 Å². The second-order valence-corrected chi connectivity index (χ2v) is 7.18. The summed E-state index contributed by atoms with van der Waals surface area (Å²) < 4.78 is 26.3. The van der Waals surface area contributed by atoms with E-state index in [9.17, 15) is 18.0 Å². The molecule has 22 heavy (non-hydrogen) atoms. The Balaban J connectivity index is 1.80. The van der Waals surface area contributed by atoms with E-state index in [0.29, 0.717) is 5.56 Å². The van der Waals surface area contributed by atoms with E-state index >= 15 is 0 Å². The van der Waals surface area contributed by atoms with Gasteiger partial charge in [0.25, 0.3) is 5.91 Å². The molecule has 0 aliphatic carbocycles. The third-order valence-corrected chi connectivity index (χ3v) is 5.25. The number of rotatable bonds is 7. The van der Waals surface area contributed by atoms with Crippen molar-refractivity contribution in [1.29, 1.82) is 0 Å². The molecule has 1 aliphatic rings. The average Bonchev–Trinajstić information content (AvgIpc) is 2.42. The minimum absolute atomic E-state index is 0.0776. The number of amides is 1. The molecule has 120 valence electrons. The van der Waals surface area contributed by atoms with Gasteiger partial charge in [-0.05, 0) is 18.6 Å². The maximum atomic E-state index is 12.1. The quantitative estimate of drug-likeness (QED) is 0.701. The zero-order valence-electron chi connectivity index (χ0n) is 11.9. The van der Waals surface area contributed by atoms with Crippen LogP contribution in [-0.4, -0.2) is 55.2 Å². The Morgan fingerprint density at radius 2 is 1.86 bits per heavy atom. The van der Waals surface area contributed by atoms with Gasteiger partial charge in [-0.15, -0.1) is 0 Å². The van der Waals surface area contributed by atoms with Gasteiger partial charge in [0.2, 0.25) is 10.0 Å². The number of likely N-dealkylation sites (tertiary alicyclic amines) is 1. The zero-order valence-corrected chi connectivity index (χ0v) is 12.8. The molecule has 8 heteroatoms. The molecule has 1 aromatic carbocycles. The maximum absolute atomic E-state index is 12.1. The van der Waals surface area contributed by atoms with Crippen LogP contribution in [0.15, 0.2) is 30.3 Å². The number of carbonyl (C=O) groups is 2. The Morgan fingerprint density at radius 1 is 1.23 bits per heavy atom. The van der Waals surface area contributed by atoms with Crippen molar-refractivity contribution in [3.05, 3.63) is 35.9 Å². The lowest BCUT2D eigenvalue weighted by Crippen LogP contribution is -2.59. The first kappa shape index (κ1) is 16.4. The van der Waals surface area contributed by atoms with Crippen LogP contribution in [0.2, 0.25) is 0 Å². The summed E-state index contributed by atoms with van der Waals surface area (Å²) in [6.07, 6.45) is 0.166. The van der Waals surface area contributed by atoms with Crippen LogP contribution in [-0.2, 0) is 14.8 Å². The van der Waals surface area contributed by atoms with Gasteiger partial charge in [0.1, 0.15) is 5.25 Å². The Bertz CT molecular complexity index is 638. The third kappa shape index (κ3) is 4.05. The number of nitrogens with one attached hydrogen (secondary N) is 1. The number of hydrogen-bond donors (Lipinski definition) is 2. The van der Waals surface area contributed by atoms with Crippen LogP contribution >= 0.6 is 0 Å². The van der Waals surface area contributed by atoms with Crippen LogP contribution in [0.5, 0.6) is 0 Å². The van der Waals surface area contributed by atoms with Crippen molar-refractivity contribution < 1.29 is 23.1 Å². The van der Waals surface area contributed by atoms with Gasteiger partial charge in [-0.3, -0.25) is 9.59 Å². The van der Waals surface area contributed by atoms with Gasteiger partial charge >= 0.3 is 5.97 Å². The van der Waals surface area contributed by atoms with Crippen molar-refractivity contribution in [2.24, 2.45) is 0 Å². The van der Waals surface area contributed by atoms with Crippen molar-refractivity contribution in [3.8, 4) is 0 Å². The molecule has 0 unspecified atom stereocenters. The number of benzene rings is 1. The van der Waals surface area contributed by atoms with Crippen molar-refractivity contribution in [2.75, 3.05) is 19.6 Å². The molecule has 0 atom stereocenters. The molecule has 1 saturated heterocycles. The van der Waals surface area contributed by atoms with Gasteiger partial charge in [-0.25, -0.2) is 13.1 Å². The Morgan fingerprint density at radius 3 is 2.45 bits per heavy atom. The van der Waals surface area contributed by atoms with Crippen molar-refractivity contribution in [1.82, 2.24) is 9.62 Å². The van der Waals surface area contributed by atoms with Crippen LogP contribution < -0.4 is 4.72 Å². The van der Waals surface area contributed by atoms with Crippen molar-refractivity contribution in [3.63, 3.8) is 0 Å². The molecule has 0 saturated carbocycles. The van der Waals surface area contributed by atoms with Gasteiger partial charge in [0.05, 0.1) is 0 Å². The normalized spacial score (nSPS) is 15.4. The molecule has 0 aromatic heterocycles. The predicted molar refractivity (Wildman–Crippen MR) is 79.9 cm³/mol. The zero-order chi connectivity index (χ0) is 16.2. The summed E-state index contributed by atoms with van der Waals surface area (Å²) in [7, 11) is -3.51. The summed E-state index contributed by atoms with van der Waals surface area (Å²) in [5.74, 6) is -1.14. The van der Waals surface area contributed by atoms with E-state index in [2.05, 4.69) is 4.72 Å². The number of nitrogens with zero attached hydrogens (tertiary/aromatic N) is 1. The van der Waals surface area contributed by atoms with Crippen LogP contribution in [0, 0.1) is 0 Å². The fourth-order valence-corrected chi connectivity index (χ4v) is 3.55. The standard InChI is InChI=1S/C14H18N2O5S/c17-13(18)7-4-8-15-22(20,21)12-9-16(10-12)14(19)11-5-2-1-3-6-11/h1-3,5-6,12,15H,4,7-10H2,(H,17,18). The molecule has 0 bridgehead atoms. The number of sulfonamides is 1. The van der Waals surface area contributed by atoms with Crippen LogP contribution in [0.4, 0.5) is 0 Å². The molecule has 0 radical (unpaired) electrons. The SMILES string of the molecule is O=C(O)CCCNS(=O)(=O)C1CN(C(=O)c2ccccc2)C1. The third-order valence-electron chi connectivity index (χ3n) is 3.47. The molecule has 0 spiro atoms. The number of carboxylic acids is 1. The first-order valence-electron chi connectivity index (χ1n) is 6.95. The Labute approximate surface area is 129 Å². The van der Waals surface area contributed by atoms with E-state index in [1.165, 1.54) is 4.90 Å². The van der Waals surface area contributed by atoms with E-state index in [0.717, 1.165) is 0 Å². The highest BCUT2D eigenvalue weighted by atomic mass is 32.2. The van der Waals surface area contributed by atoms with Gasteiger partial charge in [0, 0.05) is 31.6 Å². The minimum atomic E-state index is -3.51. The van der Waals surface area contributed by atoms with Crippen molar-refractivity contribution >= 4 is 21.9 Å². The second-order valence-electron chi connectivity index (χ2n) is 5.13. The molecule has 1 heterocycles. The van der Waals surface area contributed by atoms with Gasteiger partial charge in [-0.1, -0.05) is 18.2 Å². The number of aliphatic carboxylic acids is 1. The predicted octanol–water partition coefficient (Wildman–Crippen LogP) is 0.295. The largest absolute Gasteiger partial charge is 0.481 e. The summed E-state index contributed by atoms with van der Waals surface area (Å²) >= 11 is 0. The lowest BCUT2D eigenvalue weighted by Gasteiger charge is -2.38. The fraction of sp³-hybridized carbons (Fsp3) is 0.429.